The lowest BCUT2D eigenvalue weighted by Gasteiger charge is -2.32. The van der Waals surface area contributed by atoms with Crippen molar-refractivity contribution in [2.24, 2.45) is 0 Å². The zero-order valence-electron chi connectivity index (χ0n) is 15.8. The average molecular weight is 421 g/mol. The van der Waals surface area contributed by atoms with Gasteiger partial charge in [-0.3, -0.25) is 0 Å². The second kappa shape index (κ2) is 7.17. The Bertz CT molecular complexity index is 819. The first-order chi connectivity index (χ1) is 13.2. The Morgan fingerprint density at radius 1 is 1.21 bits per heavy atom. The number of nitrogens with zero attached hydrogens (tertiary/aromatic N) is 4. The minimum Gasteiger partial charge on any atom is -0.367 e. The van der Waals surface area contributed by atoms with Crippen LogP contribution in [0.25, 0.3) is 0 Å². The third-order valence-corrected chi connectivity index (χ3v) is 8.06. The molecule has 0 aliphatic carbocycles. The van der Waals surface area contributed by atoms with Crippen LogP contribution in [0.3, 0.4) is 0 Å². The molecule has 11 heteroatoms. The van der Waals surface area contributed by atoms with Crippen LogP contribution in [0.5, 0.6) is 0 Å². The Labute approximate surface area is 163 Å². The predicted molar refractivity (Wildman–Crippen MR) is 98.0 cm³/mol. The maximum absolute atomic E-state index is 13.6. The summed E-state index contributed by atoms with van der Waals surface area (Å²) in [5.74, 6) is 0.320. The number of anilines is 1. The van der Waals surface area contributed by atoms with Crippen LogP contribution in [0.1, 0.15) is 63.2 Å². The molecule has 0 spiro atoms. The van der Waals surface area contributed by atoms with Gasteiger partial charge in [0.2, 0.25) is 0 Å². The SMILES string of the molecule is CC[C@H]1C[C@@H](C(F)(F)F)n2nc([C@@H]3CCCN3S(=O)(=O)N3CCCC3)cc2N1. The van der Waals surface area contributed by atoms with E-state index in [1.165, 1.54) is 8.61 Å². The number of halogens is 3. The lowest BCUT2D eigenvalue weighted by molar-refractivity contribution is -0.173. The predicted octanol–water partition coefficient (Wildman–Crippen LogP) is 3.06. The fourth-order valence-electron chi connectivity index (χ4n) is 4.48. The number of alkyl halides is 3. The molecule has 4 rings (SSSR count). The number of rotatable bonds is 4. The first-order valence-corrected chi connectivity index (χ1v) is 11.3. The maximum Gasteiger partial charge on any atom is 0.410 e. The van der Waals surface area contributed by atoms with Gasteiger partial charge >= 0.3 is 6.18 Å². The average Bonchev–Trinajstić information content (AvgIpc) is 3.39. The van der Waals surface area contributed by atoms with E-state index >= 15 is 0 Å². The van der Waals surface area contributed by atoms with Crippen molar-refractivity contribution in [2.45, 2.75) is 69.8 Å². The molecule has 158 valence electrons. The largest absolute Gasteiger partial charge is 0.410 e. The van der Waals surface area contributed by atoms with E-state index in [2.05, 4.69) is 10.4 Å². The van der Waals surface area contributed by atoms with Crippen molar-refractivity contribution in [1.29, 1.82) is 0 Å². The number of hydrogen-bond acceptors (Lipinski definition) is 4. The van der Waals surface area contributed by atoms with E-state index in [0.717, 1.165) is 17.5 Å². The Morgan fingerprint density at radius 3 is 2.57 bits per heavy atom. The summed E-state index contributed by atoms with van der Waals surface area (Å²) >= 11 is 0. The highest BCUT2D eigenvalue weighted by atomic mass is 32.2. The third kappa shape index (κ3) is 3.41. The fourth-order valence-corrected chi connectivity index (χ4v) is 6.39. The molecule has 7 nitrogen and oxygen atoms in total. The maximum atomic E-state index is 13.6. The second-order valence-corrected chi connectivity index (χ2v) is 9.71. The highest BCUT2D eigenvalue weighted by molar-refractivity contribution is 7.86. The van der Waals surface area contributed by atoms with Gasteiger partial charge in [0.1, 0.15) is 5.82 Å². The molecular formula is C17H26F3N5O2S. The van der Waals surface area contributed by atoms with E-state index in [0.29, 0.717) is 50.4 Å². The topological polar surface area (TPSA) is 70.5 Å². The monoisotopic (exact) mass is 421 g/mol. The minimum absolute atomic E-state index is 0.0748. The molecule has 0 amide bonds. The summed E-state index contributed by atoms with van der Waals surface area (Å²) in [5, 5.41) is 7.37. The van der Waals surface area contributed by atoms with Crippen LogP contribution in [-0.4, -0.2) is 58.7 Å². The van der Waals surface area contributed by atoms with E-state index in [4.69, 9.17) is 0 Å². The van der Waals surface area contributed by atoms with Crippen molar-refractivity contribution in [3.05, 3.63) is 11.8 Å². The lowest BCUT2D eigenvalue weighted by atomic mass is 10.0. The summed E-state index contributed by atoms with van der Waals surface area (Å²) in [6.07, 6.45) is -0.978. The van der Waals surface area contributed by atoms with Crippen LogP contribution in [0, 0.1) is 0 Å². The van der Waals surface area contributed by atoms with Crippen LogP contribution in [-0.2, 0) is 10.2 Å². The molecule has 1 aromatic rings. The zero-order chi connectivity index (χ0) is 20.1. The Kier molecular flexibility index (Phi) is 5.11. The Morgan fingerprint density at radius 2 is 1.93 bits per heavy atom. The molecule has 0 bridgehead atoms. The number of aromatic nitrogens is 2. The molecule has 2 fully saturated rings. The molecule has 0 saturated carbocycles. The van der Waals surface area contributed by atoms with Crippen LogP contribution < -0.4 is 5.32 Å². The first kappa shape index (κ1) is 20.0. The number of hydrogen-bond donors (Lipinski definition) is 1. The van der Waals surface area contributed by atoms with Gasteiger partial charge in [0.25, 0.3) is 10.2 Å². The summed E-state index contributed by atoms with van der Waals surface area (Å²) in [4.78, 5) is 0. The molecule has 0 aromatic carbocycles. The molecule has 3 aliphatic heterocycles. The lowest BCUT2D eigenvalue weighted by Crippen LogP contribution is -2.42. The van der Waals surface area contributed by atoms with Gasteiger partial charge in [-0.2, -0.15) is 35.3 Å². The molecule has 0 unspecified atom stereocenters. The Hall–Kier alpha value is -1.33. The minimum atomic E-state index is -4.40. The molecule has 1 aromatic heterocycles. The molecule has 4 heterocycles. The van der Waals surface area contributed by atoms with E-state index in [1.807, 2.05) is 6.92 Å². The quantitative estimate of drug-likeness (QED) is 0.811. The normalized spacial score (nSPS) is 29.8. The molecule has 3 aliphatic rings. The van der Waals surface area contributed by atoms with Crippen molar-refractivity contribution in [3.8, 4) is 0 Å². The highest BCUT2D eigenvalue weighted by Crippen LogP contribution is 2.42. The van der Waals surface area contributed by atoms with Crippen LogP contribution in [0.15, 0.2) is 6.07 Å². The van der Waals surface area contributed by atoms with Gasteiger partial charge in [-0.05, 0) is 38.5 Å². The zero-order valence-corrected chi connectivity index (χ0v) is 16.6. The number of nitrogens with one attached hydrogen (secondary N) is 1. The van der Waals surface area contributed by atoms with Gasteiger partial charge < -0.3 is 5.32 Å². The van der Waals surface area contributed by atoms with Gasteiger partial charge in [0.15, 0.2) is 6.04 Å². The van der Waals surface area contributed by atoms with Crippen LogP contribution >= 0.6 is 0 Å². The molecule has 2 saturated heterocycles. The standard InChI is InChI=1S/C17H26F3N5O2S/c1-2-12-10-15(17(18,19)20)25-16(21-12)11-13(22-25)14-6-5-9-24(14)28(26,27)23-7-3-4-8-23/h11-12,14-15,21H,2-10H2,1H3/t12-,14-,15-/m0/s1. The third-order valence-electron chi connectivity index (χ3n) is 6.01. The second-order valence-electron chi connectivity index (χ2n) is 7.82. The molecule has 1 N–H and O–H groups in total. The van der Waals surface area contributed by atoms with Gasteiger partial charge in [-0.1, -0.05) is 6.92 Å². The molecular weight excluding hydrogens is 395 g/mol. The summed E-state index contributed by atoms with van der Waals surface area (Å²) < 4.78 is 70.7. The number of fused-ring (bicyclic) bond motifs is 1. The van der Waals surface area contributed by atoms with Crippen LogP contribution in [0.4, 0.5) is 19.0 Å². The van der Waals surface area contributed by atoms with Gasteiger partial charge in [-0.25, -0.2) is 4.68 Å². The van der Waals surface area contributed by atoms with Crippen molar-refractivity contribution in [1.82, 2.24) is 18.4 Å². The molecule has 28 heavy (non-hydrogen) atoms. The molecule has 0 radical (unpaired) electrons. The van der Waals surface area contributed by atoms with Crippen molar-refractivity contribution < 1.29 is 21.6 Å². The van der Waals surface area contributed by atoms with E-state index in [-0.39, 0.29) is 12.5 Å². The van der Waals surface area contributed by atoms with Crippen molar-refractivity contribution in [2.75, 3.05) is 25.0 Å². The van der Waals surface area contributed by atoms with E-state index in [1.54, 1.807) is 6.07 Å². The van der Waals surface area contributed by atoms with Crippen LogP contribution in [0.2, 0.25) is 0 Å². The molecule has 3 atom stereocenters. The van der Waals surface area contributed by atoms with E-state index < -0.39 is 28.5 Å². The summed E-state index contributed by atoms with van der Waals surface area (Å²) in [6.45, 7) is 3.22. The van der Waals surface area contributed by atoms with E-state index in [9.17, 15) is 21.6 Å². The van der Waals surface area contributed by atoms with Gasteiger partial charge in [0, 0.05) is 31.7 Å². The van der Waals surface area contributed by atoms with Gasteiger partial charge in [-0.15, -0.1) is 0 Å². The van der Waals surface area contributed by atoms with Gasteiger partial charge in [0.05, 0.1) is 11.7 Å². The summed E-state index contributed by atoms with van der Waals surface area (Å²) in [5.41, 5.74) is 0.397. The first-order valence-electron chi connectivity index (χ1n) is 9.91. The summed E-state index contributed by atoms with van der Waals surface area (Å²) in [7, 11) is -3.62. The fraction of sp³-hybridized carbons (Fsp3) is 0.824. The van der Waals surface area contributed by atoms with Crippen molar-refractivity contribution in [3.63, 3.8) is 0 Å². The highest BCUT2D eigenvalue weighted by Gasteiger charge is 2.47. The summed E-state index contributed by atoms with van der Waals surface area (Å²) in [6, 6.07) is -0.882. The van der Waals surface area contributed by atoms with Crippen molar-refractivity contribution >= 4 is 16.0 Å². The smallest absolute Gasteiger partial charge is 0.367 e. The Balaban J connectivity index is 1.66.